The van der Waals surface area contributed by atoms with Crippen molar-refractivity contribution in [1.29, 1.82) is 0 Å². The maximum atomic E-state index is 2.31. The quantitative estimate of drug-likeness (QED) is 0.468. The van der Waals surface area contributed by atoms with Crippen LogP contribution in [0.3, 0.4) is 0 Å². The van der Waals surface area contributed by atoms with Gasteiger partial charge in [0.2, 0.25) is 0 Å². The molecule has 0 aromatic heterocycles. The normalized spacial score (nSPS) is 11.3. The Morgan fingerprint density at radius 2 is 0.882 bits per heavy atom. The van der Waals surface area contributed by atoms with Gasteiger partial charge in [-0.25, -0.2) is 0 Å². The lowest BCUT2D eigenvalue weighted by atomic mass is 10.1. The van der Waals surface area contributed by atoms with Crippen molar-refractivity contribution >= 4 is 0 Å². The Morgan fingerprint density at radius 3 is 1.29 bits per heavy atom. The Labute approximate surface area is 110 Å². The molecule has 0 spiro atoms. The predicted molar refractivity (Wildman–Crippen MR) is 78.8 cm³/mol. The Kier molecular flexibility index (Phi) is 14.0. The largest absolute Gasteiger partial charge is 0.335 e. The third-order valence-corrected chi connectivity index (χ3v) is 3.65. The van der Waals surface area contributed by atoms with Gasteiger partial charge in [-0.2, -0.15) is 0 Å². The fourth-order valence-electron chi connectivity index (χ4n) is 2.41. The Morgan fingerprint density at radius 1 is 0.471 bits per heavy atom. The average molecular weight is 242 g/mol. The summed E-state index contributed by atoms with van der Waals surface area (Å²) in [6.07, 6.45) is 14.1. The second kappa shape index (κ2) is 14.0. The van der Waals surface area contributed by atoms with Crippen molar-refractivity contribution in [2.45, 2.75) is 85.0 Å². The lowest BCUT2D eigenvalue weighted by Gasteiger charge is -2.19. The van der Waals surface area contributed by atoms with Crippen LogP contribution in [0.15, 0.2) is 0 Å². The van der Waals surface area contributed by atoms with Gasteiger partial charge in [-0.05, 0) is 32.1 Å². The van der Waals surface area contributed by atoms with Gasteiger partial charge in [0, 0.05) is 0 Å². The number of nitrogens with one attached hydrogen (secondary N) is 1. The number of hydrogen-bond acceptors (Lipinski definition) is 0. The van der Waals surface area contributed by atoms with Crippen LogP contribution in [0.2, 0.25) is 0 Å². The van der Waals surface area contributed by atoms with Gasteiger partial charge < -0.3 is 4.90 Å². The molecule has 0 aliphatic carbocycles. The first kappa shape index (κ1) is 17.0. The zero-order valence-corrected chi connectivity index (χ0v) is 12.7. The van der Waals surface area contributed by atoms with Crippen LogP contribution in [0.5, 0.6) is 0 Å². The second-order valence-electron chi connectivity index (χ2n) is 5.47. The van der Waals surface area contributed by atoms with Gasteiger partial charge in [0.1, 0.15) is 0 Å². The van der Waals surface area contributed by atoms with E-state index in [0.717, 1.165) is 0 Å². The minimum absolute atomic E-state index is 1.35. The molecular formula is C16H36N+. The lowest BCUT2D eigenvalue weighted by Crippen LogP contribution is -3.12. The summed E-state index contributed by atoms with van der Waals surface area (Å²) >= 11 is 0. The van der Waals surface area contributed by atoms with Gasteiger partial charge in [0.05, 0.1) is 19.6 Å². The smallest absolute Gasteiger partial charge is 0.0770 e. The van der Waals surface area contributed by atoms with Gasteiger partial charge in [-0.15, -0.1) is 0 Å². The van der Waals surface area contributed by atoms with E-state index in [2.05, 4.69) is 20.8 Å². The number of quaternary nitrogens is 1. The number of rotatable bonds is 13. The summed E-state index contributed by atoms with van der Waals surface area (Å²) in [5, 5.41) is 0. The summed E-state index contributed by atoms with van der Waals surface area (Å²) < 4.78 is 0. The van der Waals surface area contributed by atoms with E-state index in [1.54, 1.807) is 0 Å². The molecule has 0 heterocycles. The van der Waals surface area contributed by atoms with Gasteiger partial charge in [0.25, 0.3) is 0 Å². The summed E-state index contributed by atoms with van der Waals surface area (Å²) in [6, 6.07) is 0. The summed E-state index contributed by atoms with van der Waals surface area (Å²) in [6.45, 7) is 11.2. The molecule has 0 saturated heterocycles. The average Bonchev–Trinajstić information content (AvgIpc) is 2.35. The summed E-state index contributed by atoms with van der Waals surface area (Å²) in [7, 11) is 0. The summed E-state index contributed by atoms with van der Waals surface area (Å²) in [4.78, 5) is 1.87. The van der Waals surface area contributed by atoms with Crippen LogP contribution in [0, 0.1) is 0 Å². The van der Waals surface area contributed by atoms with Crippen LogP contribution >= 0.6 is 0 Å². The third kappa shape index (κ3) is 12.2. The highest BCUT2D eigenvalue weighted by Gasteiger charge is 2.06. The molecule has 0 fully saturated rings. The summed E-state index contributed by atoms with van der Waals surface area (Å²) in [5.41, 5.74) is 0. The van der Waals surface area contributed by atoms with Gasteiger partial charge in [-0.1, -0.05) is 52.9 Å². The van der Waals surface area contributed by atoms with E-state index in [0.29, 0.717) is 0 Å². The molecule has 0 rings (SSSR count). The highest BCUT2D eigenvalue weighted by Crippen LogP contribution is 1.98. The van der Waals surface area contributed by atoms with Crippen molar-refractivity contribution in [3.8, 4) is 0 Å². The molecule has 0 saturated carbocycles. The minimum Gasteiger partial charge on any atom is -0.335 e. The monoisotopic (exact) mass is 242 g/mol. The molecular weight excluding hydrogens is 206 g/mol. The maximum Gasteiger partial charge on any atom is 0.0770 e. The highest BCUT2D eigenvalue weighted by atomic mass is 15.1. The first-order valence-electron chi connectivity index (χ1n) is 8.18. The molecule has 0 atom stereocenters. The van der Waals surface area contributed by atoms with Crippen molar-refractivity contribution in [3.05, 3.63) is 0 Å². The van der Waals surface area contributed by atoms with Crippen LogP contribution in [0.1, 0.15) is 85.0 Å². The molecule has 0 radical (unpaired) electrons. The van der Waals surface area contributed by atoms with E-state index in [1.165, 1.54) is 83.8 Å². The Hall–Kier alpha value is -0.0400. The first-order valence-corrected chi connectivity index (χ1v) is 8.18. The first-order chi connectivity index (χ1) is 8.35. The van der Waals surface area contributed by atoms with Gasteiger partial charge in [-0.3, -0.25) is 0 Å². The van der Waals surface area contributed by atoms with E-state index in [1.807, 2.05) is 4.90 Å². The lowest BCUT2D eigenvalue weighted by molar-refractivity contribution is -0.900. The SMILES string of the molecule is CCCCCC[NH+](CCCC)CCCCCC. The minimum atomic E-state index is 1.35. The zero-order chi connectivity index (χ0) is 12.8. The predicted octanol–water partition coefficient (Wildman–Crippen LogP) is 3.83. The van der Waals surface area contributed by atoms with Gasteiger partial charge >= 0.3 is 0 Å². The molecule has 0 aromatic carbocycles. The van der Waals surface area contributed by atoms with Crippen LogP contribution in [0.25, 0.3) is 0 Å². The van der Waals surface area contributed by atoms with E-state index < -0.39 is 0 Å². The third-order valence-electron chi connectivity index (χ3n) is 3.65. The molecule has 1 nitrogen and oxygen atoms in total. The van der Waals surface area contributed by atoms with E-state index in [-0.39, 0.29) is 0 Å². The summed E-state index contributed by atoms with van der Waals surface area (Å²) in [5.74, 6) is 0. The number of hydrogen-bond donors (Lipinski definition) is 1. The van der Waals surface area contributed by atoms with E-state index in [9.17, 15) is 0 Å². The van der Waals surface area contributed by atoms with E-state index in [4.69, 9.17) is 0 Å². The van der Waals surface area contributed by atoms with Crippen molar-refractivity contribution in [1.82, 2.24) is 0 Å². The molecule has 0 bridgehead atoms. The number of unbranched alkanes of at least 4 members (excludes halogenated alkanes) is 7. The van der Waals surface area contributed by atoms with E-state index >= 15 is 0 Å². The molecule has 0 unspecified atom stereocenters. The topological polar surface area (TPSA) is 4.44 Å². The molecule has 1 heteroatoms. The second-order valence-corrected chi connectivity index (χ2v) is 5.47. The molecule has 0 aromatic rings. The molecule has 0 amide bonds. The van der Waals surface area contributed by atoms with Crippen LogP contribution in [0.4, 0.5) is 0 Å². The van der Waals surface area contributed by atoms with Crippen LogP contribution in [-0.4, -0.2) is 19.6 Å². The fraction of sp³-hybridized carbons (Fsp3) is 1.00. The molecule has 0 aliphatic heterocycles. The molecule has 1 N–H and O–H groups in total. The van der Waals surface area contributed by atoms with Gasteiger partial charge in [0.15, 0.2) is 0 Å². The van der Waals surface area contributed by atoms with Crippen LogP contribution in [-0.2, 0) is 0 Å². The van der Waals surface area contributed by atoms with Crippen LogP contribution < -0.4 is 4.90 Å². The highest BCUT2D eigenvalue weighted by molar-refractivity contribution is 4.42. The Balaban J connectivity index is 3.56. The maximum absolute atomic E-state index is 2.31. The molecule has 17 heavy (non-hydrogen) atoms. The van der Waals surface area contributed by atoms with Crippen molar-refractivity contribution in [2.75, 3.05) is 19.6 Å². The Bertz CT molecular complexity index is 121. The van der Waals surface area contributed by atoms with Crippen molar-refractivity contribution in [2.24, 2.45) is 0 Å². The molecule has 104 valence electrons. The fourth-order valence-corrected chi connectivity index (χ4v) is 2.41. The molecule has 0 aliphatic rings. The standard InChI is InChI=1S/C16H35N/c1-4-7-10-12-15-17(14-9-6-3)16-13-11-8-5-2/h4-16H2,1-3H3/p+1. The van der Waals surface area contributed by atoms with Crippen molar-refractivity contribution in [3.63, 3.8) is 0 Å². The zero-order valence-electron chi connectivity index (χ0n) is 12.7. The van der Waals surface area contributed by atoms with Crippen molar-refractivity contribution < 1.29 is 4.90 Å².